The van der Waals surface area contributed by atoms with Crippen LogP contribution in [0.2, 0.25) is 0 Å². The fourth-order valence-electron chi connectivity index (χ4n) is 2.11. The third-order valence-corrected chi connectivity index (χ3v) is 3.01. The van der Waals surface area contributed by atoms with Crippen molar-refractivity contribution >= 4 is 0 Å². The van der Waals surface area contributed by atoms with Crippen LogP contribution >= 0.6 is 0 Å². The van der Waals surface area contributed by atoms with Crippen LogP contribution in [0.1, 0.15) is 24.7 Å². The van der Waals surface area contributed by atoms with Gasteiger partial charge >= 0.3 is 0 Å². The van der Waals surface area contributed by atoms with E-state index in [1.165, 1.54) is 6.07 Å². The molecule has 1 aromatic carbocycles. The Kier molecular flexibility index (Phi) is 2.60. The van der Waals surface area contributed by atoms with Crippen LogP contribution < -0.4 is 5.32 Å². The molecule has 1 atom stereocenters. The maximum Gasteiger partial charge on any atom is 0.184 e. The molecule has 2 aromatic rings. The van der Waals surface area contributed by atoms with Gasteiger partial charge in [-0.15, -0.1) is 0 Å². The highest BCUT2D eigenvalue weighted by atomic mass is 19.1. The van der Waals surface area contributed by atoms with E-state index in [0.29, 0.717) is 11.4 Å². The quantitative estimate of drug-likeness (QED) is 0.833. The molecule has 1 aliphatic rings. The maximum absolute atomic E-state index is 13.6. The molecule has 3 rings (SSSR count). The van der Waals surface area contributed by atoms with Gasteiger partial charge in [-0.1, -0.05) is 12.1 Å². The Morgan fingerprint density at radius 1 is 1.29 bits per heavy atom. The van der Waals surface area contributed by atoms with Crippen LogP contribution in [-0.4, -0.2) is 21.7 Å². The summed E-state index contributed by atoms with van der Waals surface area (Å²) < 4.78 is 13.6. The number of aromatic amines is 1. The normalized spacial score (nSPS) is 19.7. The molecule has 1 saturated heterocycles. The molecule has 0 spiro atoms. The van der Waals surface area contributed by atoms with E-state index in [4.69, 9.17) is 0 Å². The molecule has 1 aromatic heterocycles. The van der Waals surface area contributed by atoms with Crippen molar-refractivity contribution in [2.45, 2.75) is 18.9 Å². The molecule has 1 unspecified atom stereocenters. The van der Waals surface area contributed by atoms with Gasteiger partial charge in [0.2, 0.25) is 0 Å². The summed E-state index contributed by atoms with van der Waals surface area (Å²) in [4.78, 5) is 4.35. The van der Waals surface area contributed by atoms with Gasteiger partial charge in [-0.3, -0.25) is 5.10 Å². The Balaban J connectivity index is 1.92. The zero-order valence-corrected chi connectivity index (χ0v) is 9.28. The van der Waals surface area contributed by atoms with E-state index in [-0.39, 0.29) is 11.9 Å². The number of H-pyrrole nitrogens is 1. The fraction of sp³-hybridized carbons (Fsp3) is 0.333. The van der Waals surface area contributed by atoms with Gasteiger partial charge in [0, 0.05) is 0 Å². The first-order chi connectivity index (χ1) is 8.34. The lowest BCUT2D eigenvalue weighted by molar-refractivity contribution is 0.608. The van der Waals surface area contributed by atoms with Crippen molar-refractivity contribution in [1.82, 2.24) is 20.5 Å². The average Bonchev–Trinajstić information content (AvgIpc) is 3.00. The van der Waals surface area contributed by atoms with Gasteiger partial charge in [-0.2, -0.15) is 5.10 Å². The number of hydrogen-bond acceptors (Lipinski definition) is 3. The number of rotatable bonds is 2. The largest absolute Gasteiger partial charge is 0.307 e. The number of halogens is 1. The lowest BCUT2D eigenvalue weighted by atomic mass is 10.2. The minimum atomic E-state index is -0.294. The van der Waals surface area contributed by atoms with Crippen molar-refractivity contribution < 1.29 is 4.39 Å². The van der Waals surface area contributed by atoms with E-state index in [0.717, 1.165) is 25.2 Å². The summed E-state index contributed by atoms with van der Waals surface area (Å²) in [7, 11) is 0. The van der Waals surface area contributed by atoms with Crippen molar-refractivity contribution in [1.29, 1.82) is 0 Å². The first-order valence-electron chi connectivity index (χ1n) is 5.75. The molecule has 17 heavy (non-hydrogen) atoms. The van der Waals surface area contributed by atoms with Crippen LogP contribution in [0, 0.1) is 5.82 Å². The first kappa shape index (κ1) is 10.4. The Morgan fingerprint density at radius 3 is 2.94 bits per heavy atom. The highest BCUT2D eigenvalue weighted by molar-refractivity contribution is 5.55. The zero-order valence-electron chi connectivity index (χ0n) is 9.28. The van der Waals surface area contributed by atoms with E-state index >= 15 is 0 Å². The second-order valence-corrected chi connectivity index (χ2v) is 4.17. The van der Waals surface area contributed by atoms with E-state index < -0.39 is 0 Å². The van der Waals surface area contributed by atoms with Gasteiger partial charge in [-0.05, 0) is 31.5 Å². The highest BCUT2D eigenvalue weighted by Crippen LogP contribution is 2.23. The molecule has 5 heteroatoms. The van der Waals surface area contributed by atoms with E-state index in [2.05, 4.69) is 20.5 Å². The van der Waals surface area contributed by atoms with Gasteiger partial charge in [0.05, 0.1) is 11.6 Å². The Labute approximate surface area is 98.3 Å². The predicted molar refractivity (Wildman–Crippen MR) is 61.8 cm³/mol. The van der Waals surface area contributed by atoms with E-state index in [1.54, 1.807) is 18.2 Å². The molecule has 0 saturated carbocycles. The molecule has 0 bridgehead atoms. The van der Waals surface area contributed by atoms with Crippen LogP contribution in [-0.2, 0) is 0 Å². The third kappa shape index (κ3) is 1.93. The number of aromatic nitrogens is 3. The zero-order chi connectivity index (χ0) is 11.7. The molecule has 88 valence electrons. The van der Waals surface area contributed by atoms with Crippen molar-refractivity contribution in [3.63, 3.8) is 0 Å². The number of nitrogens with zero attached hydrogens (tertiary/aromatic N) is 2. The Bertz CT molecular complexity index is 517. The lowest BCUT2D eigenvalue weighted by Gasteiger charge is -2.03. The first-order valence-corrected chi connectivity index (χ1v) is 5.75. The van der Waals surface area contributed by atoms with Gasteiger partial charge < -0.3 is 5.32 Å². The summed E-state index contributed by atoms with van der Waals surface area (Å²) in [6.07, 6.45) is 2.19. The molecule has 1 fully saturated rings. The summed E-state index contributed by atoms with van der Waals surface area (Å²) in [5.41, 5.74) is 0.438. The molecular formula is C12H13FN4. The fourth-order valence-corrected chi connectivity index (χ4v) is 2.11. The summed E-state index contributed by atoms with van der Waals surface area (Å²) in [6.45, 7) is 1.00. The van der Waals surface area contributed by atoms with Crippen molar-refractivity contribution in [2.75, 3.05) is 6.54 Å². The highest BCUT2D eigenvalue weighted by Gasteiger charge is 2.20. The molecule has 0 aliphatic carbocycles. The summed E-state index contributed by atoms with van der Waals surface area (Å²) >= 11 is 0. The van der Waals surface area contributed by atoms with Crippen LogP contribution in [0.15, 0.2) is 24.3 Å². The number of hydrogen-bond donors (Lipinski definition) is 2. The molecule has 1 aliphatic heterocycles. The van der Waals surface area contributed by atoms with Crippen LogP contribution in [0.5, 0.6) is 0 Å². The van der Waals surface area contributed by atoms with Gasteiger partial charge in [0.25, 0.3) is 0 Å². The standard InChI is InChI=1S/C12H13FN4/c13-9-5-2-1-4-8(9)11-15-12(17-16-11)10-6-3-7-14-10/h1-2,4-5,10,14H,3,6-7H2,(H,15,16,17). The second-order valence-electron chi connectivity index (χ2n) is 4.17. The smallest absolute Gasteiger partial charge is 0.184 e. The van der Waals surface area contributed by atoms with Crippen LogP contribution in [0.25, 0.3) is 11.4 Å². The molecule has 0 radical (unpaired) electrons. The monoisotopic (exact) mass is 232 g/mol. The number of benzene rings is 1. The summed E-state index contributed by atoms with van der Waals surface area (Å²) in [5.74, 6) is 0.921. The third-order valence-electron chi connectivity index (χ3n) is 3.01. The maximum atomic E-state index is 13.6. The second kappa shape index (κ2) is 4.25. The molecule has 2 heterocycles. The average molecular weight is 232 g/mol. The minimum Gasteiger partial charge on any atom is -0.307 e. The minimum absolute atomic E-state index is 0.225. The van der Waals surface area contributed by atoms with Crippen molar-refractivity contribution in [3.05, 3.63) is 35.9 Å². The predicted octanol–water partition coefficient (Wildman–Crippen LogP) is 2.04. The SMILES string of the molecule is Fc1ccccc1-c1n[nH]c(C2CCCN2)n1. The molecule has 4 nitrogen and oxygen atoms in total. The topological polar surface area (TPSA) is 53.6 Å². The van der Waals surface area contributed by atoms with Gasteiger partial charge in [0.15, 0.2) is 5.82 Å². The Hall–Kier alpha value is -1.75. The Morgan fingerprint density at radius 2 is 2.18 bits per heavy atom. The summed E-state index contributed by atoms with van der Waals surface area (Å²) in [5, 5.41) is 10.3. The lowest BCUT2D eigenvalue weighted by Crippen LogP contribution is -2.14. The molecule has 2 N–H and O–H groups in total. The van der Waals surface area contributed by atoms with Crippen LogP contribution in [0.4, 0.5) is 4.39 Å². The number of nitrogens with one attached hydrogen (secondary N) is 2. The van der Waals surface area contributed by atoms with E-state index in [9.17, 15) is 4.39 Å². The molecular weight excluding hydrogens is 219 g/mol. The summed E-state index contributed by atoms with van der Waals surface area (Å²) in [6, 6.07) is 6.76. The van der Waals surface area contributed by atoms with E-state index in [1.807, 2.05) is 0 Å². The van der Waals surface area contributed by atoms with Crippen molar-refractivity contribution in [3.8, 4) is 11.4 Å². The van der Waals surface area contributed by atoms with Gasteiger partial charge in [-0.25, -0.2) is 9.37 Å². The van der Waals surface area contributed by atoms with Crippen molar-refractivity contribution in [2.24, 2.45) is 0 Å². The molecule has 0 amide bonds. The van der Waals surface area contributed by atoms with Crippen LogP contribution in [0.3, 0.4) is 0 Å². The van der Waals surface area contributed by atoms with Gasteiger partial charge in [0.1, 0.15) is 11.6 Å².